The van der Waals surface area contributed by atoms with Gasteiger partial charge in [-0.15, -0.1) is 0 Å². The van der Waals surface area contributed by atoms with E-state index in [1.165, 1.54) is 12.1 Å². The Morgan fingerprint density at radius 3 is 2.68 bits per heavy atom. The zero-order chi connectivity index (χ0) is 13.8. The first kappa shape index (κ1) is 13.5. The number of hydrogen-bond donors (Lipinski definition) is 2. The number of nitro groups is 1. The van der Waals surface area contributed by atoms with Crippen molar-refractivity contribution in [2.75, 3.05) is 13.1 Å². The zero-order valence-electron chi connectivity index (χ0n) is 10.8. The van der Waals surface area contributed by atoms with Crippen LogP contribution in [-0.2, 0) is 0 Å². The molecule has 1 saturated heterocycles. The third-order valence-electron chi connectivity index (χ3n) is 3.33. The summed E-state index contributed by atoms with van der Waals surface area (Å²) in [7, 11) is 0. The maximum atomic E-state index is 12.0. The number of nitro benzene ring substituents is 1. The highest BCUT2D eigenvalue weighted by Crippen LogP contribution is 2.19. The summed E-state index contributed by atoms with van der Waals surface area (Å²) in [5.41, 5.74) is 1.02. The summed E-state index contributed by atoms with van der Waals surface area (Å²) in [5.74, 6) is -0.162. The molecule has 1 aliphatic rings. The van der Waals surface area contributed by atoms with Crippen LogP contribution in [0.1, 0.15) is 28.8 Å². The molecular formula is C13H17N3O3. The standard InChI is InChI=1S/C13H17N3O3/c1-9-8-10(2-3-12(9)16(18)19)13(17)15-11-4-6-14-7-5-11/h2-3,8,11,14H,4-7H2,1H3,(H,15,17). The van der Waals surface area contributed by atoms with E-state index in [9.17, 15) is 14.9 Å². The zero-order valence-corrected chi connectivity index (χ0v) is 10.8. The van der Waals surface area contributed by atoms with Crippen molar-refractivity contribution in [1.82, 2.24) is 10.6 Å². The van der Waals surface area contributed by atoms with Crippen molar-refractivity contribution in [2.45, 2.75) is 25.8 Å². The van der Waals surface area contributed by atoms with Crippen LogP contribution in [0.4, 0.5) is 5.69 Å². The number of carbonyl (C=O) groups is 1. The van der Waals surface area contributed by atoms with Gasteiger partial charge in [0.05, 0.1) is 4.92 Å². The number of hydrogen-bond acceptors (Lipinski definition) is 4. The number of aryl methyl sites for hydroxylation is 1. The highest BCUT2D eigenvalue weighted by Gasteiger charge is 2.18. The fourth-order valence-corrected chi connectivity index (χ4v) is 2.24. The number of nitrogens with zero attached hydrogens (tertiary/aromatic N) is 1. The average molecular weight is 263 g/mol. The van der Waals surface area contributed by atoms with Gasteiger partial charge in [0.1, 0.15) is 0 Å². The molecule has 1 heterocycles. The molecule has 1 aromatic carbocycles. The second-order valence-corrected chi connectivity index (χ2v) is 4.76. The molecule has 1 fully saturated rings. The Morgan fingerprint density at radius 1 is 1.42 bits per heavy atom. The van der Waals surface area contributed by atoms with E-state index in [1.807, 2.05) is 0 Å². The van der Waals surface area contributed by atoms with Gasteiger partial charge in [-0.25, -0.2) is 0 Å². The van der Waals surface area contributed by atoms with Crippen LogP contribution in [0.2, 0.25) is 0 Å². The molecular weight excluding hydrogens is 246 g/mol. The minimum Gasteiger partial charge on any atom is -0.349 e. The Kier molecular flexibility index (Phi) is 4.11. The number of carbonyl (C=O) groups excluding carboxylic acids is 1. The van der Waals surface area contributed by atoms with Gasteiger partial charge >= 0.3 is 0 Å². The lowest BCUT2D eigenvalue weighted by molar-refractivity contribution is -0.385. The SMILES string of the molecule is Cc1cc(C(=O)NC2CCNCC2)ccc1[N+](=O)[O-]. The maximum Gasteiger partial charge on any atom is 0.272 e. The largest absolute Gasteiger partial charge is 0.349 e. The van der Waals surface area contributed by atoms with Gasteiger partial charge in [-0.05, 0) is 45.0 Å². The van der Waals surface area contributed by atoms with Gasteiger partial charge in [0.15, 0.2) is 0 Å². The van der Waals surface area contributed by atoms with Crippen molar-refractivity contribution in [3.63, 3.8) is 0 Å². The lowest BCUT2D eigenvalue weighted by Crippen LogP contribution is -2.42. The number of amides is 1. The Balaban J connectivity index is 2.06. The fourth-order valence-electron chi connectivity index (χ4n) is 2.24. The van der Waals surface area contributed by atoms with Crippen molar-refractivity contribution in [1.29, 1.82) is 0 Å². The quantitative estimate of drug-likeness (QED) is 0.637. The predicted octanol–water partition coefficient (Wildman–Crippen LogP) is 1.39. The highest BCUT2D eigenvalue weighted by molar-refractivity contribution is 5.94. The fraction of sp³-hybridized carbons (Fsp3) is 0.462. The third-order valence-corrected chi connectivity index (χ3v) is 3.33. The molecule has 6 nitrogen and oxygen atoms in total. The molecule has 1 aromatic rings. The smallest absolute Gasteiger partial charge is 0.272 e. The Hall–Kier alpha value is -1.95. The van der Waals surface area contributed by atoms with Crippen molar-refractivity contribution >= 4 is 11.6 Å². The molecule has 0 spiro atoms. The minimum atomic E-state index is -0.441. The Morgan fingerprint density at radius 2 is 2.11 bits per heavy atom. The minimum absolute atomic E-state index is 0.0402. The Labute approximate surface area is 111 Å². The molecule has 0 aromatic heterocycles. The van der Waals surface area contributed by atoms with Crippen LogP contribution in [0.3, 0.4) is 0 Å². The van der Waals surface area contributed by atoms with Crippen LogP contribution in [0.5, 0.6) is 0 Å². The van der Waals surface area contributed by atoms with E-state index in [0.29, 0.717) is 11.1 Å². The molecule has 2 N–H and O–H groups in total. The lowest BCUT2D eigenvalue weighted by Gasteiger charge is -2.23. The van der Waals surface area contributed by atoms with E-state index >= 15 is 0 Å². The predicted molar refractivity (Wildman–Crippen MR) is 71.2 cm³/mol. The molecule has 1 amide bonds. The second kappa shape index (κ2) is 5.79. The molecule has 0 atom stereocenters. The van der Waals surface area contributed by atoms with E-state index in [1.54, 1.807) is 13.0 Å². The summed E-state index contributed by atoms with van der Waals surface area (Å²) >= 11 is 0. The van der Waals surface area contributed by atoms with Crippen LogP contribution in [0.15, 0.2) is 18.2 Å². The number of benzene rings is 1. The summed E-state index contributed by atoms with van der Waals surface area (Å²) in [6.07, 6.45) is 1.83. The van der Waals surface area contributed by atoms with Crippen LogP contribution >= 0.6 is 0 Å². The summed E-state index contributed by atoms with van der Waals surface area (Å²) < 4.78 is 0. The van der Waals surface area contributed by atoms with E-state index in [2.05, 4.69) is 10.6 Å². The molecule has 6 heteroatoms. The van der Waals surface area contributed by atoms with Crippen molar-refractivity contribution in [2.24, 2.45) is 0 Å². The van der Waals surface area contributed by atoms with Gasteiger partial charge in [-0.2, -0.15) is 0 Å². The van der Waals surface area contributed by atoms with E-state index in [0.717, 1.165) is 25.9 Å². The number of nitrogens with one attached hydrogen (secondary N) is 2. The van der Waals surface area contributed by atoms with Crippen LogP contribution in [0, 0.1) is 17.0 Å². The molecule has 0 aliphatic carbocycles. The molecule has 2 rings (SSSR count). The molecule has 19 heavy (non-hydrogen) atoms. The molecule has 1 aliphatic heterocycles. The van der Waals surface area contributed by atoms with Crippen molar-refractivity contribution < 1.29 is 9.72 Å². The summed E-state index contributed by atoms with van der Waals surface area (Å²) in [6.45, 7) is 3.45. The molecule has 102 valence electrons. The van der Waals surface area contributed by atoms with E-state index < -0.39 is 4.92 Å². The van der Waals surface area contributed by atoms with Gasteiger partial charge in [0.2, 0.25) is 0 Å². The maximum absolute atomic E-state index is 12.0. The summed E-state index contributed by atoms with van der Waals surface area (Å²) in [6, 6.07) is 4.63. The first-order valence-electron chi connectivity index (χ1n) is 6.34. The van der Waals surface area contributed by atoms with Gasteiger partial charge in [0.25, 0.3) is 11.6 Å². The number of piperidine rings is 1. The molecule has 0 bridgehead atoms. The average Bonchev–Trinajstić information content (AvgIpc) is 2.39. The molecule has 0 radical (unpaired) electrons. The van der Waals surface area contributed by atoms with E-state index in [-0.39, 0.29) is 17.6 Å². The topological polar surface area (TPSA) is 84.3 Å². The third kappa shape index (κ3) is 3.29. The monoisotopic (exact) mass is 263 g/mol. The molecule has 0 unspecified atom stereocenters. The van der Waals surface area contributed by atoms with Crippen LogP contribution < -0.4 is 10.6 Å². The van der Waals surface area contributed by atoms with E-state index in [4.69, 9.17) is 0 Å². The van der Waals surface area contributed by atoms with Gasteiger partial charge in [-0.3, -0.25) is 14.9 Å². The highest BCUT2D eigenvalue weighted by atomic mass is 16.6. The lowest BCUT2D eigenvalue weighted by atomic mass is 10.0. The number of rotatable bonds is 3. The summed E-state index contributed by atoms with van der Waals surface area (Å²) in [4.78, 5) is 22.3. The first-order valence-corrected chi connectivity index (χ1v) is 6.34. The van der Waals surface area contributed by atoms with Gasteiger partial charge < -0.3 is 10.6 Å². The van der Waals surface area contributed by atoms with Crippen LogP contribution in [0.25, 0.3) is 0 Å². The Bertz CT molecular complexity index is 496. The van der Waals surface area contributed by atoms with Gasteiger partial charge in [-0.1, -0.05) is 0 Å². The molecule has 0 saturated carbocycles. The van der Waals surface area contributed by atoms with Gasteiger partial charge in [0, 0.05) is 23.2 Å². The first-order chi connectivity index (χ1) is 9.08. The summed E-state index contributed by atoms with van der Waals surface area (Å²) in [5, 5.41) is 16.9. The van der Waals surface area contributed by atoms with Crippen LogP contribution in [-0.4, -0.2) is 30.0 Å². The van der Waals surface area contributed by atoms with Crippen molar-refractivity contribution in [3.8, 4) is 0 Å². The second-order valence-electron chi connectivity index (χ2n) is 4.76. The van der Waals surface area contributed by atoms with Crippen molar-refractivity contribution in [3.05, 3.63) is 39.4 Å². The normalized spacial score (nSPS) is 16.1.